The Bertz CT molecular complexity index is 854. The molecule has 28 heavy (non-hydrogen) atoms. The SMILES string of the molecule is COC(=O)[C@@H](CC(C)C)NC(=O)CSc1nnc(-c2ccc3c(c2)OCO3)o1. The molecule has 0 fully saturated rings. The van der Waals surface area contributed by atoms with Gasteiger partial charge in [-0.25, -0.2) is 4.79 Å². The number of nitrogens with one attached hydrogen (secondary N) is 1. The quantitative estimate of drug-likeness (QED) is 0.520. The Kier molecular flexibility index (Phi) is 6.40. The minimum absolute atomic E-state index is 0.0361. The number of methoxy groups -OCH3 is 1. The van der Waals surface area contributed by atoms with Gasteiger partial charge in [0.15, 0.2) is 11.5 Å². The number of amides is 1. The molecule has 1 atom stereocenters. The zero-order chi connectivity index (χ0) is 20.1. The highest BCUT2D eigenvalue weighted by molar-refractivity contribution is 7.99. The van der Waals surface area contributed by atoms with Crippen LogP contribution in [0.2, 0.25) is 0 Å². The number of ether oxygens (including phenoxy) is 3. The minimum Gasteiger partial charge on any atom is -0.467 e. The van der Waals surface area contributed by atoms with Crippen molar-refractivity contribution in [3.05, 3.63) is 18.2 Å². The molecular weight excluding hydrogens is 386 g/mol. The molecule has 0 radical (unpaired) electrons. The molecule has 1 aromatic heterocycles. The van der Waals surface area contributed by atoms with E-state index in [1.165, 1.54) is 7.11 Å². The molecule has 150 valence electrons. The minimum atomic E-state index is -0.676. The summed E-state index contributed by atoms with van der Waals surface area (Å²) in [5.41, 5.74) is 0.691. The monoisotopic (exact) mass is 407 g/mol. The summed E-state index contributed by atoms with van der Waals surface area (Å²) >= 11 is 1.09. The van der Waals surface area contributed by atoms with Crippen LogP contribution in [0.5, 0.6) is 11.5 Å². The van der Waals surface area contributed by atoms with Gasteiger partial charge in [-0.15, -0.1) is 10.2 Å². The molecule has 0 spiro atoms. The zero-order valence-corrected chi connectivity index (χ0v) is 16.6. The number of fused-ring (bicyclic) bond motifs is 1. The lowest BCUT2D eigenvalue weighted by atomic mass is 10.0. The van der Waals surface area contributed by atoms with Crippen LogP contribution < -0.4 is 14.8 Å². The van der Waals surface area contributed by atoms with Crippen molar-refractivity contribution >= 4 is 23.6 Å². The highest BCUT2D eigenvalue weighted by Gasteiger charge is 2.23. The third kappa shape index (κ3) is 4.94. The van der Waals surface area contributed by atoms with Crippen molar-refractivity contribution in [2.24, 2.45) is 5.92 Å². The molecule has 2 heterocycles. The third-order valence-corrected chi connectivity index (χ3v) is 4.70. The summed E-state index contributed by atoms with van der Waals surface area (Å²) in [6.45, 7) is 4.11. The number of carbonyl (C=O) groups is 2. The molecule has 9 nitrogen and oxygen atoms in total. The zero-order valence-electron chi connectivity index (χ0n) is 15.8. The van der Waals surface area contributed by atoms with Crippen molar-refractivity contribution in [3.8, 4) is 23.0 Å². The summed E-state index contributed by atoms with van der Waals surface area (Å²) in [4.78, 5) is 24.0. The average Bonchev–Trinajstić information content (AvgIpc) is 3.33. The molecule has 0 bridgehead atoms. The number of rotatable bonds is 8. The summed E-state index contributed by atoms with van der Waals surface area (Å²) in [6, 6.07) is 4.63. The van der Waals surface area contributed by atoms with Crippen LogP contribution in [0.1, 0.15) is 20.3 Å². The van der Waals surface area contributed by atoms with E-state index in [4.69, 9.17) is 18.6 Å². The van der Waals surface area contributed by atoms with E-state index < -0.39 is 12.0 Å². The maximum absolute atomic E-state index is 12.2. The first kappa shape index (κ1) is 20.0. The first-order valence-corrected chi connectivity index (χ1v) is 9.68. The Balaban J connectivity index is 1.56. The Morgan fingerprint density at radius 1 is 1.25 bits per heavy atom. The van der Waals surface area contributed by atoms with Gasteiger partial charge in [0.2, 0.25) is 18.6 Å². The predicted octanol–water partition coefficient (Wildman–Crippen LogP) is 2.26. The Morgan fingerprint density at radius 3 is 2.79 bits per heavy atom. The fourth-order valence-corrected chi connectivity index (χ4v) is 3.18. The van der Waals surface area contributed by atoms with Gasteiger partial charge in [-0.1, -0.05) is 25.6 Å². The third-order valence-electron chi connectivity index (χ3n) is 3.88. The summed E-state index contributed by atoms with van der Waals surface area (Å²) < 4.78 is 20.9. The number of hydrogen-bond acceptors (Lipinski definition) is 9. The summed E-state index contributed by atoms with van der Waals surface area (Å²) in [7, 11) is 1.30. The van der Waals surface area contributed by atoms with Crippen LogP contribution in [0.15, 0.2) is 27.8 Å². The van der Waals surface area contributed by atoms with E-state index in [2.05, 4.69) is 15.5 Å². The van der Waals surface area contributed by atoms with Gasteiger partial charge in [-0.05, 0) is 30.5 Å². The second kappa shape index (κ2) is 8.96. The molecule has 1 amide bonds. The van der Waals surface area contributed by atoms with E-state index in [9.17, 15) is 9.59 Å². The van der Waals surface area contributed by atoms with Crippen LogP contribution in [-0.4, -0.2) is 47.8 Å². The van der Waals surface area contributed by atoms with E-state index >= 15 is 0 Å². The molecule has 10 heteroatoms. The molecule has 0 unspecified atom stereocenters. The summed E-state index contributed by atoms with van der Waals surface area (Å²) in [5, 5.41) is 10.9. The van der Waals surface area contributed by atoms with Crippen molar-refractivity contribution in [3.63, 3.8) is 0 Å². The highest BCUT2D eigenvalue weighted by atomic mass is 32.2. The van der Waals surface area contributed by atoms with Crippen LogP contribution in [0, 0.1) is 5.92 Å². The van der Waals surface area contributed by atoms with Gasteiger partial charge in [0.05, 0.1) is 12.9 Å². The van der Waals surface area contributed by atoms with Crippen LogP contribution >= 0.6 is 11.8 Å². The fraction of sp³-hybridized carbons (Fsp3) is 0.444. The molecule has 1 aliphatic rings. The smallest absolute Gasteiger partial charge is 0.328 e. The lowest BCUT2D eigenvalue weighted by molar-refractivity contribution is -0.145. The van der Waals surface area contributed by atoms with Crippen molar-refractivity contribution < 1.29 is 28.2 Å². The Hall–Kier alpha value is -2.75. The van der Waals surface area contributed by atoms with Crippen molar-refractivity contribution in [1.29, 1.82) is 0 Å². The number of benzene rings is 1. The first-order chi connectivity index (χ1) is 13.5. The number of carbonyl (C=O) groups excluding carboxylic acids is 2. The maximum atomic E-state index is 12.2. The number of nitrogens with zero attached hydrogens (tertiary/aromatic N) is 2. The molecule has 1 aromatic carbocycles. The number of hydrogen-bond donors (Lipinski definition) is 1. The summed E-state index contributed by atoms with van der Waals surface area (Å²) in [5.74, 6) is 1.08. The maximum Gasteiger partial charge on any atom is 0.328 e. The number of aromatic nitrogens is 2. The Morgan fingerprint density at radius 2 is 2.04 bits per heavy atom. The van der Waals surface area contributed by atoms with Crippen LogP contribution in [-0.2, 0) is 14.3 Å². The van der Waals surface area contributed by atoms with Gasteiger partial charge in [-0.3, -0.25) is 4.79 Å². The standard InChI is InChI=1S/C18H21N3O6S/c1-10(2)6-12(17(23)24-3)19-15(22)8-28-18-21-20-16(27-18)11-4-5-13-14(7-11)26-9-25-13/h4-5,7,10,12H,6,8-9H2,1-3H3,(H,19,22)/t12-/m1/s1. The van der Waals surface area contributed by atoms with Gasteiger partial charge in [0, 0.05) is 5.56 Å². The molecule has 3 rings (SSSR count). The molecular formula is C18H21N3O6S. The van der Waals surface area contributed by atoms with Gasteiger partial charge in [0.1, 0.15) is 6.04 Å². The lowest BCUT2D eigenvalue weighted by Gasteiger charge is -2.17. The average molecular weight is 407 g/mol. The van der Waals surface area contributed by atoms with Gasteiger partial charge in [0.25, 0.3) is 5.22 Å². The second-order valence-electron chi connectivity index (χ2n) is 6.50. The molecule has 0 saturated heterocycles. The van der Waals surface area contributed by atoms with Crippen molar-refractivity contribution in [2.75, 3.05) is 19.7 Å². The number of thioether (sulfide) groups is 1. The first-order valence-electron chi connectivity index (χ1n) is 8.69. The van der Waals surface area contributed by atoms with E-state index in [1.807, 2.05) is 13.8 Å². The van der Waals surface area contributed by atoms with Gasteiger partial charge < -0.3 is 23.9 Å². The van der Waals surface area contributed by atoms with Gasteiger partial charge in [-0.2, -0.15) is 0 Å². The fourth-order valence-electron chi connectivity index (χ4n) is 2.61. The van der Waals surface area contributed by atoms with E-state index in [1.54, 1.807) is 18.2 Å². The van der Waals surface area contributed by atoms with E-state index in [-0.39, 0.29) is 29.6 Å². The van der Waals surface area contributed by atoms with Crippen LogP contribution in [0.25, 0.3) is 11.5 Å². The second-order valence-corrected chi connectivity index (χ2v) is 7.43. The molecule has 2 aromatic rings. The van der Waals surface area contributed by atoms with Crippen LogP contribution in [0.3, 0.4) is 0 Å². The van der Waals surface area contributed by atoms with Crippen molar-refractivity contribution in [2.45, 2.75) is 31.5 Å². The molecule has 0 aliphatic carbocycles. The largest absolute Gasteiger partial charge is 0.467 e. The van der Waals surface area contributed by atoms with Crippen LogP contribution in [0.4, 0.5) is 0 Å². The Labute approximate surface area is 166 Å². The van der Waals surface area contributed by atoms with E-state index in [0.29, 0.717) is 29.4 Å². The topological polar surface area (TPSA) is 113 Å². The van der Waals surface area contributed by atoms with Gasteiger partial charge >= 0.3 is 5.97 Å². The molecule has 1 aliphatic heterocycles. The molecule has 0 saturated carbocycles. The number of esters is 1. The van der Waals surface area contributed by atoms with Crippen molar-refractivity contribution in [1.82, 2.24) is 15.5 Å². The lowest BCUT2D eigenvalue weighted by Crippen LogP contribution is -2.43. The van der Waals surface area contributed by atoms with E-state index in [0.717, 1.165) is 11.8 Å². The normalized spacial score (nSPS) is 13.4. The summed E-state index contributed by atoms with van der Waals surface area (Å²) in [6.07, 6.45) is 0.498. The highest BCUT2D eigenvalue weighted by Crippen LogP contribution is 2.35. The molecule has 1 N–H and O–H groups in total. The predicted molar refractivity (Wildman–Crippen MR) is 100.0 cm³/mol.